The van der Waals surface area contributed by atoms with Gasteiger partial charge in [0.05, 0.1) is 23.5 Å². The summed E-state index contributed by atoms with van der Waals surface area (Å²) in [6.07, 6.45) is 1.71. The Kier molecular flexibility index (Phi) is 5.67. The molecule has 1 unspecified atom stereocenters. The molecule has 0 saturated carbocycles. The van der Waals surface area contributed by atoms with E-state index >= 15 is 0 Å². The average Bonchev–Trinajstić information content (AvgIpc) is 3.45. The maximum absolute atomic E-state index is 13.2. The highest BCUT2D eigenvalue weighted by Gasteiger charge is 2.31. The minimum Gasteiger partial charge on any atom is -0.406 e. The van der Waals surface area contributed by atoms with Gasteiger partial charge in [0.15, 0.2) is 5.82 Å². The number of hydrogen-bond acceptors (Lipinski definition) is 6. The van der Waals surface area contributed by atoms with Crippen LogP contribution in [0, 0.1) is 0 Å². The zero-order valence-electron chi connectivity index (χ0n) is 18.5. The maximum Gasteiger partial charge on any atom is 0.573 e. The van der Waals surface area contributed by atoms with Crippen molar-refractivity contribution in [2.75, 3.05) is 0 Å². The summed E-state index contributed by atoms with van der Waals surface area (Å²) in [5.74, 6) is -0.475. The number of carbonyl (C=O) groups is 1. The summed E-state index contributed by atoms with van der Waals surface area (Å²) >= 11 is 0. The van der Waals surface area contributed by atoms with Crippen molar-refractivity contribution in [1.82, 2.24) is 30.0 Å². The molecule has 1 atom stereocenters. The van der Waals surface area contributed by atoms with E-state index in [-0.39, 0.29) is 23.3 Å². The molecule has 0 fully saturated rings. The van der Waals surface area contributed by atoms with E-state index in [0.717, 1.165) is 24.1 Å². The van der Waals surface area contributed by atoms with Gasteiger partial charge in [-0.15, -0.1) is 13.2 Å². The van der Waals surface area contributed by atoms with Crippen LogP contribution in [-0.4, -0.2) is 37.0 Å². The summed E-state index contributed by atoms with van der Waals surface area (Å²) in [4.78, 5) is 26.5. The first-order chi connectivity index (χ1) is 16.7. The van der Waals surface area contributed by atoms with Gasteiger partial charge in [-0.2, -0.15) is 5.10 Å². The average molecular weight is 480 g/mol. The van der Waals surface area contributed by atoms with Crippen molar-refractivity contribution < 1.29 is 22.7 Å². The molecule has 8 nitrogen and oxygen atoms in total. The van der Waals surface area contributed by atoms with Gasteiger partial charge in [-0.1, -0.05) is 6.07 Å². The minimum absolute atomic E-state index is 0.127. The molecule has 178 valence electrons. The summed E-state index contributed by atoms with van der Waals surface area (Å²) < 4.78 is 43.1. The van der Waals surface area contributed by atoms with Gasteiger partial charge in [-0.3, -0.25) is 14.5 Å². The molecule has 0 saturated heterocycles. The third kappa shape index (κ3) is 4.98. The van der Waals surface area contributed by atoms with Gasteiger partial charge in [-0.25, -0.2) is 9.97 Å². The number of nitrogens with one attached hydrogen (secondary N) is 1. The molecule has 3 aromatic heterocycles. The zero-order chi connectivity index (χ0) is 24.6. The molecule has 35 heavy (non-hydrogen) atoms. The molecule has 0 radical (unpaired) electrons. The number of nitrogens with zero attached hydrogens (tertiary/aromatic N) is 5. The second-order valence-electron chi connectivity index (χ2n) is 8.04. The van der Waals surface area contributed by atoms with Crippen molar-refractivity contribution in [3.63, 3.8) is 0 Å². The van der Waals surface area contributed by atoms with Crippen LogP contribution in [0.3, 0.4) is 0 Å². The largest absolute Gasteiger partial charge is 0.573 e. The fourth-order valence-corrected chi connectivity index (χ4v) is 4.00. The molecule has 0 spiro atoms. The van der Waals surface area contributed by atoms with Gasteiger partial charge in [0.2, 0.25) is 0 Å². The second kappa shape index (κ2) is 8.82. The van der Waals surface area contributed by atoms with Crippen LogP contribution in [-0.2, 0) is 13.5 Å². The van der Waals surface area contributed by atoms with Crippen molar-refractivity contribution in [2.45, 2.75) is 25.2 Å². The van der Waals surface area contributed by atoms with Gasteiger partial charge >= 0.3 is 6.36 Å². The van der Waals surface area contributed by atoms with E-state index in [4.69, 9.17) is 0 Å². The maximum atomic E-state index is 13.2. The van der Waals surface area contributed by atoms with E-state index in [1.807, 2.05) is 12.1 Å². The Morgan fingerprint density at radius 2 is 1.94 bits per heavy atom. The lowest BCUT2D eigenvalue weighted by molar-refractivity contribution is -0.274. The third-order valence-electron chi connectivity index (χ3n) is 5.58. The number of carbonyl (C=O) groups excluding carboxylic acids is 1. The van der Waals surface area contributed by atoms with Crippen LogP contribution in [0.25, 0.3) is 22.6 Å². The molecule has 3 heterocycles. The SMILES string of the molecule is Cn1cc(-c2nc(C(=O)NC3CCc4ncccc43)cc(-c3ccc(OC(F)(F)F)cc3)n2)cn1. The van der Waals surface area contributed by atoms with Crippen LogP contribution < -0.4 is 10.1 Å². The van der Waals surface area contributed by atoms with Crippen molar-refractivity contribution in [1.29, 1.82) is 0 Å². The van der Waals surface area contributed by atoms with Crippen LogP contribution in [0.4, 0.5) is 13.2 Å². The molecule has 0 bridgehead atoms. The number of pyridine rings is 1. The summed E-state index contributed by atoms with van der Waals surface area (Å²) in [6.45, 7) is 0. The van der Waals surface area contributed by atoms with Crippen LogP contribution in [0.15, 0.2) is 61.1 Å². The third-order valence-corrected chi connectivity index (χ3v) is 5.58. The van der Waals surface area contributed by atoms with Gasteiger partial charge in [0, 0.05) is 30.7 Å². The molecule has 1 N–H and O–H groups in total. The Labute approximate surface area is 197 Å². The van der Waals surface area contributed by atoms with Crippen LogP contribution in [0.2, 0.25) is 0 Å². The number of aromatic nitrogens is 5. The monoisotopic (exact) mass is 480 g/mol. The smallest absolute Gasteiger partial charge is 0.406 e. The van der Waals surface area contributed by atoms with Gasteiger partial charge in [0.25, 0.3) is 5.91 Å². The lowest BCUT2D eigenvalue weighted by Crippen LogP contribution is -2.28. The quantitative estimate of drug-likeness (QED) is 0.459. The molecular weight excluding hydrogens is 461 g/mol. The number of ether oxygens (including phenoxy) is 1. The van der Waals surface area contributed by atoms with E-state index in [0.29, 0.717) is 16.8 Å². The molecule has 5 rings (SSSR count). The Bertz CT molecular complexity index is 1380. The number of benzene rings is 1. The van der Waals surface area contributed by atoms with E-state index in [1.165, 1.54) is 30.3 Å². The fraction of sp³-hybridized carbons (Fsp3) is 0.208. The van der Waals surface area contributed by atoms with Crippen molar-refractivity contribution >= 4 is 5.91 Å². The van der Waals surface area contributed by atoms with Crippen molar-refractivity contribution in [3.8, 4) is 28.4 Å². The Hall–Kier alpha value is -4.28. The van der Waals surface area contributed by atoms with Gasteiger partial charge in [-0.05, 0) is 54.8 Å². The number of hydrogen-bond donors (Lipinski definition) is 1. The number of rotatable bonds is 5. The van der Waals surface area contributed by atoms with Gasteiger partial charge < -0.3 is 10.1 Å². The predicted octanol–water partition coefficient (Wildman–Crippen LogP) is 4.26. The lowest BCUT2D eigenvalue weighted by atomic mass is 10.1. The number of aryl methyl sites for hydroxylation is 2. The zero-order valence-corrected chi connectivity index (χ0v) is 18.5. The van der Waals surface area contributed by atoms with E-state index in [9.17, 15) is 18.0 Å². The highest BCUT2D eigenvalue weighted by molar-refractivity contribution is 5.94. The topological polar surface area (TPSA) is 94.8 Å². The van der Waals surface area contributed by atoms with E-state index in [1.54, 1.807) is 30.3 Å². The number of halogens is 3. The van der Waals surface area contributed by atoms with Crippen LogP contribution in [0.5, 0.6) is 5.75 Å². The minimum atomic E-state index is -4.79. The first kappa shape index (κ1) is 22.5. The Morgan fingerprint density at radius 3 is 2.66 bits per heavy atom. The molecule has 11 heteroatoms. The predicted molar refractivity (Wildman–Crippen MR) is 119 cm³/mol. The molecular formula is C24H19F3N6O2. The normalized spacial score (nSPS) is 15.0. The summed E-state index contributed by atoms with van der Waals surface area (Å²) in [5.41, 5.74) is 3.52. The molecule has 1 aliphatic rings. The van der Waals surface area contributed by atoms with Gasteiger partial charge in [0.1, 0.15) is 11.4 Å². The summed E-state index contributed by atoms with van der Waals surface area (Å²) in [5, 5.41) is 7.14. The first-order valence-corrected chi connectivity index (χ1v) is 10.7. The Balaban J connectivity index is 1.48. The molecule has 1 amide bonds. The van der Waals surface area contributed by atoms with Crippen LogP contribution >= 0.6 is 0 Å². The lowest BCUT2D eigenvalue weighted by Gasteiger charge is -2.14. The van der Waals surface area contributed by atoms with E-state index in [2.05, 4.69) is 30.1 Å². The Morgan fingerprint density at radius 1 is 1.14 bits per heavy atom. The summed E-state index contributed by atoms with van der Waals surface area (Å²) in [7, 11) is 1.74. The standard InChI is InChI=1S/C24H19F3N6O2/c1-33-13-15(12-29-33)22-30-20(14-4-6-16(7-5-14)35-24(25,26)27)11-21(31-22)23(34)32-19-9-8-18-17(19)3-2-10-28-18/h2-7,10-13,19H,8-9H2,1H3,(H,32,34). The molecule has 4 aromatic rings. The van der Waals surface area contributed by atoms with E-state index < -0.39 is 12.3 Å². The highest BCUT2D eigenvalue weighted by Crippen LogP contribution is 2.30. The van der Waals surface area contributed by atoms with Crippen molar-refractivity contribution in [2.24, 2.45) is 7.05 Å². The second-order valence-corrected chi connectivity index (χ2v) is 8.04. The summed E-state index contributed by atoms with van der Waals surface area (Å²) in [6, 6.07) is 10.4. The van der Waals surface area contributed by atoms with Crippen molar-refractivity contribution in [3.05, 3.63) is 78.0 Å². The fourth-order valence-electron chi connectivity index (χ4n) is 4.00. The molecule has 0 aliphatic heterocycles. The number of fused-ring (bicyclic) bond motifs is 1. The van der Waals surface area contributed by atoms with Crippen LogP contribution in [0.1, 0.15) is 34.2 Å². The molecule has 1 aromatic carbocycles. The highest BCUT2D eigenvalue weighted by atomic mass is 19.4. The number of alkyl halides is 3. The molecule has 1 aliphatic carbocycles. The number of amides is 1. The first-order valence-electron chi connectivity index (χ1n) is 10.7.